The number of rotatable bonds is 5. The highest BCUT2D eigenvalue weighted by Crippen LogP contribution is 2.28. The van der Waals surface area contributed by atoms with Gasteiger partial charge in [-0.05, 0) is 51.5 Å². The van der Waals surface area contributed by atoms with Gasteiger partial charge in [0.2, 0.25) is 5.89 Å². The van der Waals surface area contributed by atoms with Gasteiger partial charge in [-0.2, -0.15) is 0 Å². The van der Waals surface area contributed by atoms with Crippen LogP contribution in [0.15, 0.2) is 52.1 Å². The van der Waals surface area contributed by atoms with E-state index in [-0.39, 0.29) is 11.0 Å². The second-order valence-corrected chi connectivity index (χ2v) is 7.48. The lowest BCUT2D eigenvalue weighted by Crippen LogP contribution is -2.15. The molecule has 5 heteroatoms. The fraction of sp³-hybridized carbons (Fsp3) is 0.250. The molecule has 1 aromatic heterocycles. The van der Waals surface area contributed by atoms with Crippen LogP contribution < -0.4 is 0 Å². The van der Waals surface area contributed by atoms with E-state index in [4.69, 9.17) is 4.42 Å². The van der Waals surface area contributed by atoms with Crippen LogP contribution in [0.4, 0.5) is 0 Å². The van der Waals surface area contributed by atoms with Crippen LogP contribution in [-0.4, -0.2) is 21.2 Å². The van der Waals surface area contributed by atoms with E-state index in [0.29, 0.717) is 11.1 Å². The number of nitrogens with zero attached hydrogens (tertiary/aromatic N) is 2. The number of hydrogen-bond acceptors (Lipinski definition) is 5. The van der Waals surface area contributed by atoms with E-state index >= 15 is 0 Å². The van der Waals surface area contributed by atoms with Crippen LogP contribution in [0.2, 0.25) is 0 Å². The van der Waals surface area contributed by atoms with Crippen molar-refractivity contribution >= 4 is 17.5 Å². The predicted octanol–water partition coefficient (Wildman–Crippen LogP) is 5.03. The van der Waals surface area contributed by atoms with Crippen molar-refractivity contribution in [3.63, 3.8) is 0 Å². The molecule has 0 bridgehead atoms. The summed E-state index contributed by atoms with van der Waals surface area (Å²) in [6.45, 7) is 7.82. The summed E-state index contributed by atoms with van der Waals surface area (Å²) in [6.07, 6.45) is 0. The number of thioether (sulfide) groups is 1. The molecular formula is C20H20N2O2S. The molecular weight excluding hydrogens is 332 g/mol. The molecule has 0 N–H and O–H groups in total. The zero-order chi connectivity index (χ0) is 18.0. The molecule has 1 heterocycles. The third-order valence-electron chi connectivity index (χ3n) is 3.98. The Bertz CT molecular complexity index is 918. The minimum absolute atomic E-state index is 0.0708. The van der Waals surface area contributed by atoms with Gasteiger partial charge < -0.3 is 4.42 Å². The lowest BCUT2D eigenvalue weighted by Gasteiger charge is -2.10. The molecule has 128 valence electrons. The van der Waals surface area contributed by atoms with Gasteiger partial charge in [-0.15, -0.1) is 10.2 Å². The number of Topliss-reactive ketones (excluding diaryl/α,β-unsaturated/α-hetero) is 1. The number of aryl methyl sites for hydroxylation is 3. The van der Waals surface area contributed by atoms with E-state index in [1.165, 1.54) is 11.8 Å². The molecule has 0 aliphatic rings. The average Bonchev–Trinajstić information content (AvgIpc) is 3.05. The minimum Gasteiger partial charge on any atom is -0.411 e. The third-order valence-corrected chi connectivity index (χ3v) is 4.91. The molecule has 1 atom stereocenters. The van der Waals surface area contributed by atoms with Crippen LogP contribution in [0, 0.1) is 20.8 Å². The van der Waals surface area contributed by atoms with Gasteiger partial charge in [0.25, 0.3) is 5.22 Å². The second kappa shape index (κ2) is 7.23. The highest BCUT2D eigenvalue weighted by molar-refractivity contribution is 8.00. The van der Waals surface area contributed by atoms with Gasteiger partial charge in [0.05, 0.1) is 5.25 Å². The van der Waals surface area contributed by atoms with Crippen LogP contribution in [0.1, 0.15) is 34.0 Å². The van der Waals surface area contributed by atoms with Crippen molar-refractivity contribution in [1.29, 1.82) is 0 Å². The van der Waals surface area contributed by atoms with Crippen LogP contribution in [-0.2, 0) is 0 Å². The summed E-state index contributed by atoms with van der Waals surface area (Å²) in [5.41, 5.74) is 4.81. The number of ketones is 1. The molecule has 3 aromatic rings. The van der Waals surface area contributed by atoms with Gasteiger partial charge in [0.15, 0.2) is 5.78 Å². The van der Waals surface area contributed by atoms with Crippen LogP contribution in [0.25, 0.3) is 11.5 Å². The molecule has 0 aliphatic carbocycles. The standard InChI is InChI=1S/C20H20N2O2S/c1-12-6-5-7-16(10-12)19-21-22-20(24-19)25-15(4)18(23)17-11-13(2)8-9-14(17)3/h5-11,15H,1-4H3/t15-/m1/s1. The summed E-state index contributed by atoms with van der Waals surface area (Å²) in [4.78, 5) is 12.7. The van der Waals surface area contributed by atoms with Gasteiger partial charge in [-0.3, -0.25) is 4.79 Å². The fourth-order valence-electron chi connectivity index (χ4n) is 2.58. The summed E-state index contributed by atoms with van der Waals surface area (Å²) in [5.74, 6) is 0.541. The molecule has 4 nitrogen and oxygen atoms in total. The van der Waals surface area contributed by atoms with E-state index in [1.54, 1.807) is 0 Å². The summed E-state index contributed by atoms with van der Waals surface area (Å²) in [6, 6.07) is 13.8. The van der Waals surface area contributed by atoms with Gasteiger partial charge >= 0.3 is 0 Å². The Morgan fingerprint density at radius 2 is 1.80 bits per heavy atom. The van der Waals surface area contributed by atoms with Crippen LogP contribution >= 0.6 is 11.8 Å². The molecule has 2 aromatic carbocycles. The highest BCUT2D eigenvalue weighted by atomic mass is 32.2. The van der Waals surface area contributed by atoms with E-state index in [9.17, 15) is 4.79 Å². The van der Waals surface area contributed by atoms with E-state index in [0.717, 1.165) is 27.8 Å². The normalized spacial score (nSPS) is 12.2. The first-order valence-electron chi connectivity index (χ1n) is 8.12. The Hall–Kier alpha value is -2.40. The number of carbonyl (C=O) groups excluding carboxylic acids is 1. The Morgan fingerprint density at radius 3 is 2.56 bits per heavy atom. The fourth-order valence-corrected chi connectivity index (χ4v) is 3.33. The minimum atomic E-state index is -0.300. The van der Waals surface area contributed by atoms with Crippen molar-refractivity contribution in [3.05, 3.63) is 64.7 Å². The Labute approximate surface area is 151 Å². The third kappa shape index (κ3) is 3.99. The van der Waals surface area contributed by atoms with Crippen molar-refractivity contribution in [2.75, 3.05) is 0 Å². The molecule has 0 aliphatic heterocycles. The second-order valence-electron chi connectivity index (χ2n) is 6.19. The van der Waals surface area contributed by atoms with Crippen molar-refractivity contribution in [1.82, 2.24) is 10.2 Å². The van der Waals surface area contributed by atoms with Crippen molar-refractivity contribution in [2.24, 2.45) is 0 Å². The molecule has 0 saturated heterocycles. The number of aromatic nitrogens is 2. The predicted molar refractivity (Wildman–Crippen MR) is 100 cm³/mol. The maximum Gasteiger partial charge on any atom is 0.277 e. The zero-order valence-electron chi connectivity index (χ0n) is 14.7. The number of benzene rings is 2. The van der Waals surface area contributed by atoms with Crippen molar-refractivity contribution < 1.29 is 9.21 Å². The van der Waals surface area contributed by atoms with Crippen molar-refractivity contribution in [2.45, 2.75) is 38.2 Å². The molecule has 0 unspecified atom stereocenters. The number of carbonyl (C=O) groups is 1. The first-order valence-corrected chi connectivity index (χ1v) is 9.00. The summed E-state index contributed by atoms with van der Waals surface area (Å²) < 4.78 is 5.72. The Morgan fingerprint density at radius 1 is 1.04 bits per heavy atom. The lowest BCUT2D eigenvalue weighted by molar-refractivity contribution is 0.0993. The van der Waals surface area contributed by atoms with Crippen molar-refractivity contribution in [3.8, 4) is 11.5 Å². The number of hydrogen-bond donors (Lipinski definition) is 0. The van der Waals surface area contributed by atoms with Gasteiger partial charge in [-0.1, -0.05) is 47.2 Å². The maximum absolute atomic E-state index is 12.7. The topological polar surface area (TPSA) is 56.0 Å². The average molecular weight is 352 g/mol. The quantitative estimate of drug-likeness (QED) is 0.476. The molecule has 0 spiro atoms. The molecule has 0 saturated carbocycles. The molecule has 3 rings (SSSR count). The van der Waals surface area contributed by atoms with Gasteiger partial charge in [0.1, 0.15) is 0 Å². The summed E-state index contributed by atoms with van der Waals surface area (Å²) in [7, 11) is 0. The maximum atomic E-state index is 12.7. The molecule has 0 radical (unpaired) electrons. The Kier molecular flexibility index (Phi) is 5.04. The largest absolute Gasteiger partial charge is 0.411 e. The smallest absolute Gasteiger partial charge is 0.277 e. The lowest BCUT2D eigenvalue weighted by atomic mass is 10.0. The van der Waals surface area contributed by atoms with Crippen LogP contribution in [0.5, 0.6) is 0 Å². The highest BCUT2D eigenvalue weighted by Gasteiger charge is 2.21. The van der Waals surface area contributed by atoms with E-state index in [2.05, 4.69) is 10.2 Å². The molecule has 0 fully saturated rings. The first kappa shape index (κ1) is 17.4. The molecule has 0 amide bonds. The first-order chi connectivity index (χ1) is 11.9. The summed E-state index contributed by atoms with van der Waals surface area (Å²) in [5, 5.41) is 8.27. The van der Waals surface area contributed by atoms with Crippen LogP contribution in [0.3, 0.4) is 0 Å². The van der Waals surface area contributed by atoms with E-state index < -0.39 is 0 Å². The SMILES string of the molecule is Cc1cccc(-c2nnc(S[C@H](C)C(=O)c3cc(C)ccc3C)o2)c1. The zero-order valence-corrected chi connectivity index (χ0v) is 15.6. The summed E-state index contributed by atoms with van der Waals surface area (Å²) >= 11 is 1.29. The van der Waals surface area contributed by atoms with Gasteiger partial charge in [0, 0.05) is 11.1 Å². The monoisotopic (exact) mass is 352 g/mol. The Balaban J connectivity index is 1.76. The van der Waals surface area contributed by atoms with E-state index in [1.807, 2.05) is 70.2 Å². The molecule has 25 heavy (non-hydrogen) atoms. The van der Waals surface area contributed by atoms with Gasteiger partial charge in [-0.25, -0.2) is 0 Å².